The summed E-state index contributed by atoms with van der Waals surface area (Å²) in [7, 11) is 0. The molecule has 5 heteroatoms. The Hall–Kier alpha value is -3.60. The molecule has 0 atom stereocenters. The minimum absolute atomic E-state index is 0.0108. The quantitative estimate of drug-likeness (QED) is 0.479. The monoisotopic (exact) mass is 385 g/mol. The number of benzene rings is 3. The zero-order valence-electron chi connectivity index (χ0n) is 16.3. The first kappa shape index (κ1) is 18.7. The number of carbonyl (C=O) groups excluding carboxylic acids is 1. The maximum Gasteiger partial charge on any atom is 0.223 e. The zero-order valence-corrected chi connectivity index (χ0v) is 16.3. The molecule has 1 aromatic heterocycles. The van der Waals surface area contributed by atoms with E-state index in [9.17, 15) is 9.59 Å². The van der Waals surface area contributed by atoms with Gasteiger partial charge in [0, 0.05) is 37.2 Å². The van der Waals surface area contributed by atoms with Crippen LogP contribution in [0.2, 0.25) is 0 Å². The first-order chi connectivity index (χ1) is 14.1. The van der Waals surface area contributed by atoms with E-state index in [1.165, 1.54) is 0 Å². The highest BCUT2D eigenvalue weighted by Crippen LogP contribution is 2.22. The topological polar surface area (TPSA) is 65.2 Å². The predicted molar refractivity (Wildman–Crippen MR) is 120 cm³/mol. The number of nitrogens with zero attached hydrogens (tertiary/aromatic N) is 1. The molecule has 0 unspecified atom stereocenters. The number of H-pyrrole nitrogens is 1. The van der Waals surface area contributed by atoms with Crippen LogP contribution in [-0.4, -0.2) is 24.0 Å². The van der Waals surface area contributed by atoms with Gasteiger partial charge in [0.25, 0.3) is 0 Å². The molecule has 0 aliphatic carbocycles. The van der Waals surface area contributed by atoms with Gasteiger partial charge in [0.1, 0.15) is 5.82 Å². The molecule has 2 N–H and O–H groups in total. The number of rotatable bonds is 6. The Balaban J connectivity index is 1.42. The van der Waals surface area contributed by atoms with Gasteiger partial charge < -0.3 is 15.2 Å². The number of hydrogen-bond donors (Lipinski definition) is 2. The van der Waals surface area contributed by atoms with Gasteiger partial charge >= 0.3 is 0 Å². The van der Waals surface area contributed by atoms with Gasteiger partial charge in [-0.25, -0.2) is 0 Å². The van der Waals surface area contributed by atoms with Crippen LogP contribution in [0.5, 0.6) is 0 Å². The summed E-state index contributed by atoms with van der Waals surface area (Å²) in [6.45, 7) is 2.83. The number of carbonyl (C=O) groups is 1. The molecule has 0 radical (unpaired) electrons. The highest BCUT2D eigenvalue weighted by atomic mass is 16.2. The molecule has 146 valence electrons. The van der Waals surface area contributed by atoms with E-state index in [2.05, 4.69) is 22.4 Å². The number of aromatic nitrogens is 1. The molecule has 0 bridgehead atoms. The first-order valence-corrected chi connectivity index (χ1v) is 9.75. The predicted octanol–water partition coefficient (Wildman–Crippen LogP) is 4.54. The third-order valence-electron chi connectivity index (χ3n) is 5.04. The van der Waals surface area contributed by atoms with E-state index in [0.717, 1.165) is 28.4 Å². The second-order valence-electron chi connectivity index (χ2n) is 7.08. The fourth-order valence-electron chi connectivity index (χ4n) is 3.57. The smallest absolute Gasteiger partial charge is 0.223 e. The highest BCUT2D eigenvalue weighted by molar-refractivity contribution is 5.95. The summed E-state index contributed by atoms with van der Waals surface area (Å²) < 4.78 is 0. The Morgan fingerprint density at radius 1 is 0.966 bits per heavy atom. The van der Waals surface area contributed by atoms with Crippen molar-refractivity contribution in [2.45, 2.75) is 13.3 Å². The van der Waals surface area contributed by atoms with Crippen LogP contribution in [0.1, 0.15) is 13.3 Å². The van der Waals surface area contributed by atoms with Crippen molar-refractivity contribution in [1.82, 2.24) is 4.98 Å². The fraction of sp³-hybridized carbons (Fsp3) is 0.167. The number of aromatic amines is 1. The molecule has 1 amide bonds. The number of nitrogens with one attached hydrogen (secondary N) is 2. The summed E-state index contributed by atoms with van der Waals surface area (Å²) >= 11 is 0. The highest BCUT2D eigenvalue weighted by Gasteiger charge is 2.11. The lowest BCUT2D eigenvalue weighted by Crippen LogP contribution is -2.30. The molecule has 1 heterocycles. The van der Waals surface area contributed by atoms with Crippen molar-refractivity contribution in [3.05, 3.63) is 83.0 Å². The number of amides is 1. The third-order valence-corrected chi connectivity index (χ3v) is 5.04. The molecular formula is C24H23N3O2. The van der Waals surface area contributed by atoms with Crippen molar-refractivity contribution in [3.8, 4) is 0 Å². The van der Waals surface area contributed by atoms with Gasteiger partial charge in [0.2, 0.25) is 5.91 Å². The van der Waals surface area contributed by atoms with E-state index in [-0.39, 0.29) is 11.3 Å². The molecule has 0 saturated carbocycles. The number of anilines is 2. The molecule has 29 heavy (non-hydrogen) atoms. The average molecular weight is 385 g/mol. The minimum atomic E-state index is -0.0108. The molecule has 4 rings (SSSR count). The maximum absolute atomic E-state index is 12.2. The second kappa shape index (κ2) is 8.19. The van der Waals surface area contributed by atoms with Crippen molar-refractivity contribution >= 4 is 39.1 Å². The van der Waals surface area contributed by atoms with E-state index in [0.29, 0.717) is 24.3 Å². The van der Waals surface area contributed by atoms with Gasteiger partial charge in [-0.1, -0.05) is 42.5 Å². The largest absolute Gasteiger partial charge is 0.371 e. The third kappa shape index (κ3) is 4.14. The molecule has 3 aromatic carbocycles. The molecule has 0 spiro atoms. The van der Waals surface area contributed by atoms with E-state index in [4.69, 9.17) is 0 Å². The standard InChI is InChI=1S/C24H23N3O2/c1-17(28)27(20-12-11-18-7-2-3-8-19(18)15-20)14-6-13-25-24-16-23(29)21-9-4-5-10-22(21)26-24/h2-5,7-12,15-16H,6,13-14H2,1H3,(H2,25,26,29). The molecule has 0 fully saturated rings. The summed E-state index contributed by atoms with van der Waals surface area (Å²) in [5, 5.41) is 6.21. The van der Waals surface area contributed by atoms with Gasteiger partial charge in [0.15, 0.2) is 5.43 Å². The number of pyridine rings is 1. The number of fused-ring (bicyclic) bond motifs is 2. The van der Waals surface area contributed by atoms with Crippen LogP contribution in [0.4, 0.5) is 11.5 Å². The van der Waals surface area contributed by atoms with Gasteiger partial charge in [-0.2, -0.15) is 0 Å². The van der Waals surface area contributed by atoms with E-state index in [1.807, 2.05) is 54.6 Å². The summed E-state index contributed by atoms with van der Waals surface area (Å²) in [6, 6.07) is 23.2. The van der Waals surface area contributed by atoms with Crippen LogP contribution in [0.25, 0.3) is 21.7 Å². The average Bonchev–Trinajstić information content (AvgIpc) is 2.73. The van der Waals surface area contributed by atoms with Crippen molar-refractivity contribution in [3.63, 3.8) is 0 Å². The van der Waals surface area contributed by atoms with Crippen molar-refractivity contribution in [2.75, 3.05) is 23.3 Å². The number of hydrogen-bond acceptors (Lipinski definition) is 3. The normalized spacial score (nSPS) is 10.9. The van der Waals surface area contributed by atoms with Crippen LogP contribution in [0.3, 0.4) is 0 Å². The Labute approximate surface area is 169 Å². The van der Waals surface area contributed by atoms with Gasteiger partial charge in [0.05, 0.1) is 5.52 Å². The van der Waals surface area contributed by atoms with Crippen LogP contribution < -0.4 is 15.6 Å². The maximum atomic E-state index is 12.2. The lowest BCUT2D eigenvalue weighted by atomic mass is 10.1. The lowest BCUT2D eigenvalue weighted by molar-refractivity contribution is -0.116. The van der Waals surface area contributed by atoms with Crippen molar-refractivity contribution in [1.29, 1.82) is 0 Å². The van der Waals surface area contributed by atoms with Crippen LogP contribution in [0, 0.1) is 0 Å². The Bertz CT molecular complexity index is 1230. The SMILES string of the molecule is CC(=O)N(CCCNc1cc(=O)c2ccccc2[nH]1)c1ccc2ccccc2c1. The van der Waals surface area contributed by atoms with E-state index in [1.54, 1.807) is 17.9 Å². The molecule has 4 aromatic rings. The summed E-state index contributed by atoms with van der Waals surface area (Å²) in [5.41, 5.74) is 1.70. The van der Waals surface area contributed by atoms with Crippen LogP contribution in [-0.2, 0) is 4.79 Å². The van der Waals surface area contributed by atoms with Crippen LogP contribution >= 0.6 is 0 Å². The van der Waals surface area contributed by atoms with Crippen LogP contribution in [0.15, 0.2) is 77.6 Å². The second-order valence-corrected chi connectivity index (χ2v) is 7.08. The van der Waals surface area contributed by atoms with Crippen molar-refractivity contribution in [2.24, 2.45) is 0 Å². The van der Waals surface area contributed by atoms with Crippen molar-refractivity contribution < 1.29 is 4.79 Å². The molecule has 0 aliphatic heterocycles. The summed E-state index contributed by atoms with van der Waals surface area (Å²) in [4.78, 5) is 29.4. The molecule has 5 nitrogen and oxygen atoms in total. The molecule has 0 aliphatic rings. The van der Waals surface area contributed by atoms with Gasteiger partial charge in [-0.3, -0.25) is 9.59 Å². The first-order valence-electron chi connectivity index (χ1n) is 9.75. The minimum Gasteiger partial charge on any atom is -0.371 e. The number of para-hydroxylation sites is 1. The van der Waals surface area contributed by atoms with Gasteiger partial charge in [-0.15, -0.1) is 0 Å². The van der Waals surface area contributed by atoms with E-state index >= 15 is 0 Å². The fourth-order valence-corrected chi connectivity index (χ4v) is 3.57. The molecule has 0 saturated heterocycles. The Morgan fingerprint density at radius 2 is 1.72 bits per heavy atom. The lowest BCUT2D eigenvalue weighted by Gasteiger charge is -2.22. The Morgan fingerprint density at radius 3 is 2.55 bits per heavy atom. The summed E-state index contributed by atoms with van der Waals surface area (Å²) in [6.07, 6.45) is 0.751. The van der Waals surface area contributed by atoms with E-state index < -0.39 is 0 Å². The molecular weight excluding hydrogens is 362 g/mol. The zero-order chi connectivity index (χ0) is 20.2. The Kier molecular flexibility index (Phi) is 5.29. The van der Waals surface area contributed by atoms with Gasteiger partial charge in [-0.05, 0) is 41.5 Å². The summed E-state index contributed by atoms with van der Waals surface area (Å²) in [5.74, 6) is 0.702.